The summed E-state index contributed by atoms with van der Waals surface area (Å²) in [5, 5.41) is 0. The molecule has 1 aliphatic rings. The first kappa shape index (κ1) is 11.8. The highest BCUT2D eigenvalue weighted by Gasteiger charge is 2.24. The molecule has 2 N–H and O–H groups in total. The van der Waals surface area contributed by atoms with Crippen molar-refractivity contribution in [2.24, 2.45) is 10.7 Å². The minimum absolute atomic E-state index is 0.244. The smallest absolute Gasteiger partial charge is 0.197 e. The number of hydrogen-bond acceptors (Lipinski definition) is 3. The summed E-state index contributed by atoms with van der Waals surface area (Å²) >= 11 is 0. The zero-order chi connectivity index (χ0) is 13.2. The Labute approximate surface area is 113 Å². The maximum Gasteiger partial charge on any atom is 0.197 e. The Hall–Kier alpha value is -2.29. The van der Waals surface area contributed by atoms with Crippen LogP contribution in [-0.2, 0) is 6.54 Å². The number of nitrogens with two attached hydrogens (primary N) is 1. The van der Waals surface area contributed by atoms with Crippen LogP contribution in [0.5, 0.6) is 0 Å². The molecule has 1 heterocycles. The number of nitrogens with zero attached hydrogens (tertiary/aromatic N) is 2. The van der Waals surface area contributed by atoms with Crippen LogP contribution in [0.3, 0.4) is 0 Å². The van der Waals surface area contributed by atoms with Crippen LogP contribution in [0, 0.1) is 0 Å². The van der Waals surface area contributed by atoms with Gasteiger partial charge in [0.15, 0.2) is 5.96 Å². The number of benzene rings is 2. The Morgan fingerprint density at radius 1 is 1.05 bits per heavy atom. The molecular formula is C16H17N3. The van der Waals surface area contributed by atoms with Crippen molar-refractivity contribution >= 4 is 11.6 Å². The molecule has 96 valence electrons. The molecule has 19 heavy (non-hydrogen) atoms. The molecule has 3 nitrogen and oxygen atoms in total. The van der Waals surface area contributed by atoms with Gasteiger partial charge in [-0.3, -0.25) is 0 Å². The van der Waals surface area contributed by atoms with E-state index >= 15 is 0 Å². The summed E-state index contributed by atoms with van der Waals surface area (Å²) in [7, 11) is 0. The fraction of sp³-hybridized carbons (Fsp3) is 0.188. The lowest BCUT2D eigenvalue weighted by molar-refractivity contribution is 0.320. The quantitative estimate of drug-likeness (QED) is 0.890. The zero-order valence-corrected chi connectivity index (χ0v) is 11.0. The molecule has 1 atom stereocenters. The van der Waals surface area contributed by atoms with E-state index in [1.807, 2.05) is 36.4 Å². The lowest BCUT2D eigenvalue weighted by atomic mass is 10.0. The summed E-state index contributed by atoms with van der Waals surface area (Å²) in [6.07, 6.45) is 0. The van der Waals surface area contributed by atoms with Crippen LogP contribution in [0.2, 0.25) is 0 Å². The van der Waals surface area contributed by atoms with E-state index < -0.39 is 0 Å². The van der Waals surface area contributed by atoms with E-state index in [4.69, 9.17) is 5.73 Å². The number of fused-ring (bicyclic) bond motifs is 1. The van der Waals surface area contributed by atoms with E-state index in [1.54, 1.807) is 0 Å². The number of guanidine groups is 1. The third kappa shape index (κ3) is 2.19. The van der Waals surface area contributed by atoms with Crippen LogP contribution >= 0.6 is 0 Å². The van der Waals surface area contributed by atoms with Gasteiger partial charge in [-0.25, -0.2) is 4.99 Å². The minimum Gasteiger partial charge on any atom is -0.369 e. The molecule has 0 unspecified atom stereocenters. The van der Waals surface area contributed by atoms with Gasteiger partial charge in [-0.05, 0) is 18.6 Å². The molecule has 0 spiro atoms. The third-order valence-electron chi connectivity index (χ3n) is 3.58. The molecule has 0 bridgehead atoms. The fourth-order valence-corrected chi connectivity index (χ4v) is 2.49. The predicted octanol–water partition coefficient (Wildman–Crippen LogP) is 3.21. The van der Waals surface area contributed by atoms with Crippen molar-refractivity contribution in [3.8, 4) is 0 Å². The second-order valence-electron chi connectivity index (χ2n) is 4.82. The van der Waals surface area contributed by atoms with Crippen LogP contribution in [0.4, 0.5) is 5.69 Å². The Bertz CT molecular complexity index is 604. The van der Waals surface area contributed by atoms with Crippen molar-refractivity contribution in [1.82, 2.24) is 4.90 Å². The van der Waals surface area contributed by atoms with Gasteiger partial charge in [0.1, 0.15) is 0 Å². The summed E-state index contributed by atoms with van der Waals surface area (Å²) in [5.41, 5.74) is 9.56. The molecule has 0 fully saturated rings. The van der Waals surface area contributed by atoms with Gasteiger partial charge in [-0.15, -0.1) is 0 Å². The lowest BCUT2D eigenvalue weighted by Gasteiger charge is -2.34. The second kappa shape index (κ2) is 4.76. The summed E-state index contributed by atoms with van der Waals surface area (Å²) < 4.78 is 0. The maximum atomic E-state index is 6.11. The summed E-state index contributed by atoms with van der Waals surface area (Å²) in [6.45, 7) is 2.95. The van der Waals surface area contributed by atoms with Gasteiger partial charge >= 0.3 is 0 Å². The fourth-order valence-electron chi connectivity index (χ4n) is 2.49. The largest absolute Gasteiger partial charge is 0.369 e. The Morgan fingerprint density at radius 3 is 2.53 bits per heavy atom. The SMILES string of the molecule is C[C@@H]1c2ccccc2N=C(N)N1Cc1ccccc1. The van der Waals surface area contributed by atoms with E-state index in [0.29, 0.717) is 5.96 Å². The maximum absolute atomic E-state index is 6.11. The third-order valence-corrected chi connectivity index (χ3v) is 3.58. The Kier molecular flexibility index (Phi) is 2.95. The van der Waals surface area contributed by atoms with Gasteiger partial charge in [0, 0.05) is 12.1 Å². The summed E-state index contributed by atoms with van der Waals surface area (Å²) in [4.78, 5) is 6.63. The van der Waals surface area contributed by atoms with Crippen molar-refractivity contribution in [2.75, 3.05) is 0 Å². The molecule has 0 radical (unpaired) electrons. The van der Waals surface area contributed by atoms with Crippen LogP contribution in [0.25, 0.3) is 0 Å². The molecule has 0 aromatic heterocycles. The molecule has 0 saturated heterocycles. The number of rotatable bonds is 2. The molecule has 3 rings (SSSR count). The van der Waals surface area contributed by atoms with Crippen LogP contribution in [-0.4, -0.2) is 10.9 Å². The zero-order valence-electron chi connectivity index (χ0n) is 11.0. The normalized spacial score (nSPS) is 17.8. The Balaban J connectivity index is 1.92. The van der Waals surface area contributed by atoms with Gasteiger partial charge in [0.05, 0.1) is 11.7 Å². The standard InChI is InChI=1S/C16H17N3/c1-12-14-9-5-6-10-15(14)18-16(17)19(12)11-13-7-3-2-4-8-13/h2-10,12H,11H2,1H3,(H2,17,18)/t12-/m1/s1. The van der Waals surface area contributed by atoms with Crippen LogP contribution in [0.1, 0.15) is 24.1 Å². The molecule has 2 aromatic rings. The van der Waals surface area contributed by atoms with E-state index in [9.17, 15) is 0 Å². The van der Waals surface area contributed by atoms with Gasteiger partial charge < -0.3 is 10.6 Å². The minimum atomic E-state index is 0.244. The molecular weight excluding hydrogens is 234 g/mol. The van der Waals surface area contributed by atoms with Crippen molar-refractivity contribution in [3.63, 3.8) is 0 Å². The van der Waals surface area contributed by atoms with Crippen molar-refractivity contribution in [3.05, 3.63) is 65.7 Å². The van der Waals surface area contributed by atoms with Crippen molar-refractivity contribution in [1.29, 1.82) is 0 Å². The van der Waals surface area contributed by atoms with E-state index in [1.165, 1.54) is 11.1 Å². The van der Waals surface area contributed by atoms with Crippen LogP contribution in [0.15, 0.2) is 59.6 Å². The average molecular weight is 251 g/mol. The topological polar surface area (TPSA) is 41.6 Å². The van der Waals surface area contributed by atoms with Gasteiger partial charge in [0.2, 0.25) is 0 Å². The van der Waals surface area contributed by atoms with E-state index in [2.05, 4.69) is 35.0 Å². The molecule has 3 heteroatoms. The molecule has 0 saturated carbocycles. The highest BCUT2D eigenvalue weighted by molar-refractivity contribution is 5.84. The second-order valence-corrected chi connectivity index (χ2v) is 4.82. The monoisotopic (exact) mass is 251 g/mol. The predicted molar refractivity (Wildman–Crippen MR) is 78.1 cm³/mol. The summed E-state index contributed by atoms with van der Waals surface area (Å²) in [5.74, 6) is 0.593. The first-order valence-corrected chi connectivity index (χ1v) is 6.49. The van der Waals surface area contributed by atoms with E-state index in [0.717, 1.165) is 12.2 Å². The number of aliphatic imine (C=N–C) groups is 1. The molecule has 2 aromatic carbocycles. The molecule has 1 aliphatic heterocycles. The molecule has 0 aliphatic carbocycles. The highest BCUT2D eigenvalue weighted by atomic mass is 15.3. The van der Waals surface area contributed by atoms with E-state index in [-0.39, 0.29) is 6.04 Å². The highest BCUT2D eigenvalue weighted by Crippen LogP contribution is 2.34. The first-order chi connectivity index (χ1) is 9.25. The lowest BCUT2D eigenvalue weighted by Crippen LogP contribution is -2.40. The van der Waals surface area contributed by atoms with Crippen LogP contribution < -0.4 is 5.73 Å². The number of hydrogen-bond donors (Lipinski definition) is 1. The van der Waals surface area contributed by atoms with Gasteiger partial charge in [-0.2, -0.15) is 0 Å². The van der Waals surface area contributed by atoms with Crippen molar-refractivity contribution in [2.45, 2.75) is 19.5 Å². The Morgan fingerprint density at radius 2 is 1.74 bits per heavy atom. The van der Waals surface area contributed by atoms with Gasteiger partial charge in [-0.1, -0.05) is 48.5 Å². The van der Waals surface area contributed by atoms with Crippen molar-refractivity contribution < 1.29 is 0 Å². The number of para-hydroxylation sites is 1. The first-order valence-electron chi connectivity index (χ1n) is 6.49. The molecule has 0 amide bonds. The van der Waals surface area contributed by atoms with Gasteiger partial charge in [0.25, 0.3) is 0 Å². The summed E-state index contributed by atoms with van der Waals surface area (Å²) in [6, 6.07) is 18.8. The average Bonchev–Trinajstić information content (AvgIpc) is 2.45.